The average molecular weight is 233 g/mol. The van der Waals surface area contributed by atoms with Crippen LogP contribution in [-0.4, -0.2) is 25.2 Å². The van der Waals surface area contributed by atoms with Crippen LogP contribution in [0.1, 0.15) is 21.6 Å². The SMILES string of the molecule is COCc1[nH]c2c(C)cccc2c1C(=O)OC. The van der Waals surface area contributed by atoms with Gasteiger partial charge in [-0.2, -0.15) is 0 Å². The second-order valence-corrected chi connectivity index (χ2v) is 3.90. The molecular formula is C13H15NO3. The maximum atomic E-state index is 11.8. The summed E-state index contributed by atoms with van der Waals surface area (Å²) in [6, 6.07) is 5.83. The number of fused-ring (bicyclic) bond motifs is 1. The van der Waals surface area contributed by atoms with Gasteiger partial charge in [-0.05, 0) is 12.5 Å². The molecule has 4 nitrogen and oxygen atoms in total. The lowest BCUT2D eigenvalue weighted by Gasteiger charge is -2.01. The molecule has 0 aliphatic heterocycles. The molecule has 1 heterocycles. The number of aromatic nitrogens is 1. The van der Waals surface area contributed by atoms with Gasteiger partial charge in [-0.25, -0.2) is 4.79 Å². The summed E-state index contributed by atoms with van der Waals surface area (Å²) in [5, 5.41) is 0.879. The molecule has 0 saturated heterocycles. The second-order valence-electron chi connectivity index (χ2n) is 3.90. The fraction of sp³-hybridized carbons (Fsp3) is 0.308. The number of H-pyrrole nitrogens is 1. The van der Waals surface area contributed by atoms with Gasteiger partial charge >= 0.3 is 5.97 Å². The first-order chi connectivity index (χ1) is 8.19. The smallest absolute Gasteiger partial charge is 0.340 e. The number of aryl methyl sites for hydroxylation is 1. The van der Waals surface area contributed by atoms with Gasteiger partial charge in [0.25, 0.3) is 0 Å². The summed E-state index contributed by atoms with van der Waals surface area (Å²) in [5.41, 5.74) is 3.37. The summed E-state index contributed by atoms with van der Waals surface area (Å²) in [5.74, 6) is -0.339. The van der Waals surface area contributed by atoms with Crippen LogP contribution in [-0.2, 0) is 16.1 Å². The van der Waals surface area contributed by atoms with E-state index in [9.17, 15) is 4.79 Å². The Hall–Kier alpha value is -1.81. The lowest BCUT2D eigenvalue weighted by atomic mass is 10.1. The number of carbonyl (C=O) groups is 1. The molecule has 0 radical (unpaired) electrons. The minimum absolute atomic E-state index is 0.339. The molecule has 17 heavy (non-hydrogen) atoms. The molecule has 2 rings (SSSR count). The number of aromatic amines is 1. The minimum atomic E-state index is -0.339. The van der Waals surface area contributed by atoms with Gasteiger partial charge in [0.2, 0.25) is 0 Å². The number of ether oxygens (including phenoxy) is 2. The molecule has 0 unspecified atom stereocenters. The van der Waals surface area contributed by atoms with Crippen LogP contribution in [0.2, 0.25) is 0 Å². The van der Waals surface area contributed by atoms with Crippen LogP contribution in [0, 0.1) is 6.92 Å². The lowest BCUT2D eigenvalue weighted by Crippen LogP contribution is -2.04. The topological polar surface area (TPSA) is 51.3 Å². The fourth-order valence-corrected chi connectivity index (χ4v) is 2.01. The van der Waals surface area contributed by atoms with Crippen molar-refractivity contribution in [2.24, 2.45) is 0 Å². The number of rotatable bonds is 3. The van der Waals surface area contributed by atoms with Crippen LogP contribution < -0.4 is 0 Å². The first-order valence-electron chi connectivity index (χ1n) is 5.36. The van der Waals surface area contributed by atoms with Crippen molar-refractivity contribution in [3.63, 3.8) is 0 Å². The van der Waals surface area contributed by atoms with Crippen molar-refractivity contribution in [3.8, 4) is 0 Å². The molecule has 4 heteroatoms. The molecule has 0 aliphatic rings. The Kier molecular flexibility index (Phi) is 3.15. The highest BCUT2D eigenvalue weighted by Gasteiger charge is 2.19. The van der Waals surface area contributed by atoms with Crippen molar-refractivity contribution in [2.45, 2.75) is 13.5 Å². The third-order valence-corrected chi connectivity index (χ3v) is 2.80. The highest BCUT2D eigenvalue weighted by molar-refractivity contribution is 6.06. The molecule has 0 aliphatic carbocycles. The minimum Gasteiger partial charge on any atom is -0.465 e. The lowest BCUT2D eigenvalue weighted by molar-refractivity contribution is 0.0598. The van der Waals surface area contributed by atoms with E-state index < -0.39 is 0 Å². The monoisotopic (exact) mass is 233 g/mol. The van der Waals surface area contributed by atoms with Gasteiger partial charge in [-0.1, -0.05) is 18.2 Å². The van der Waals surface area contributed by atoms with Crippen LogP contribution in [0.4, 0.5) is 0 Å². The van der Waals surface area contributed by atoms with Gasteiger partial charge in [0.15, 0.2) is 0 Å². The van der Waals surface area contributed by atoms with Crippen molar-refractivity contribution >= 4 is 16.9 Å². The molecule has 2 aromatic rings. The zero-order valence-corrected chi connectivity index (χ0v) is 10.2. The Balaban J connectivity index is 2.71. The molecule has 1 N–H and O–H groups in total. The van der Waals surface area contributed by atoms with E-state index in [1.807, 2.05) is 25.1 Å². The van der Waals surface area contributed by atoms with Crippen molar-refractivity contribution in [1.29, 1.82) is 0 Å². The predicted molar refractivity (Wildman–Crippen MR) is 65.1 cm³/mol. The number of nitrogens with one attached hydrogen (secondary N) is 1. The van der Waals surface area contributed by atoms with Crippen molar-refractivity contribution in [3.05, 3.63) is 35.0 Å². The molecular weight excluding hydrogens is 218 g/mol. The third-order valence-electron chi connectivity index (χ3n) is 2.80. The summed E-state index contributed by atoms with van der Waals surface area (Å²) in [7, 11) is 2.98. The molecule has 0 bridgehead atoms. The van der Waals surface area contributed by atoms with Gasteiger partial charge in [-0.3, -0.25) is 0 Å². The first kappa shape index (κ1) is 11.7. The van der Waals surface area contributed by atoms with E-state index in [2.05, 4.69) is 4.98 Å². The second kappa shape index (κ2) is 4.59. The molecule has 0 saturated carbocycles. The summed E-state index contributed by atoms with van der Waals surface area (Å²) in [4.78, 5) is 15.0. The number of para-hydroxylation sites is 1. The summed E-state index contributed by atoms with van der Waals surface area (Å²) < 4.78 is 9.91. The molecule has 90 valence electrons. The summed E-state index contributed by atoms with van der Waals surface area (Å²) in [6.07, 6.45) is 0. The van der Waals surface area contributed by atoms with Crippen LogP contribution in [0.25, 0.3) is 10.9 Å². The van der Waals surface area contributed by atoms with Crippen molar-refractivity contribution in [1.82, 2.24) is 4.98 Å². The molecule has 0 spiro atoms. The zero-order valence-electron chi connectivity index (χ0n) is 10.2. The standard InChI is InChI=1S/C13H15NO3/c1-8-5-4-6-9-11(13(15)17-3)10(7-16-2)14-12(8)9/h4-6,14H,7H2,1-3H3. The van der Waals surface area contributed by atoms with E-state index in [1.165, 1.54) is 7.11 Å². The zero-order chi connectivity index (χ0) is 12.4. The highest BCUT2D eigenvalue weighted by Crippen LogP contribution is 2.26. The van der Waals surface area contributed by atoms with E-state index in [4.69, 9.17) is 9.47 Å². The van der Waals surface area contributed by atoms with Crippen LogP contribution in [0.3, 0.4) is 0 Å². The van der Waals surface area contributed by atoms with Gasteiger partial charge in [-0.15, -0.1) is 0 Å². The van der Waals surface area contributed by atoms with Gasteiger partial charge in [0, 0.05) is 18.0 Å². The number of esters is 1. The average Bonchev–Trinajstić information content (AvgIpc) is 2.68. The molecule has 1 aromatic heterocycles. The van der Waals surface area contributed by atoms with E-state index in [-0.39, 0.29) is 5.97 Å². The summed E-state index contributed by atoms with van der Waals surface area (Å²) >= 11 is 0. The Labute approximate surface area is 99.5 Å². The van der Waals surface area contributed by atoms with Crippen LogP contribution >= 0.6 is 0 Å². The number of hydrogen-bond donors (Lipinski definition) is 1. The fourth-order valence-electron chi connectivity index (χ4n) is 2.01. The Bertz CT molecular complexity index is 557. The third kappa shape index (κ3) is 1.91. The first-order valence-corrected chi connectivity index (χ1v) is 5.36. The van der Waals surface area contributed by atoms with Gasteiger partial charge < -0.3 is 14.5 Å². The van der Waals surface area contributed by atoms with Gasteiger partial charge in [0.05, 0.1) is 25.0 Å². The largest absolute Gasteiger partial charge is 0.465 e. The Morgan fingerprint density at radius 2 is 2.12 bits per heavy atom. The van der Waals surface area contributed by atoms with Crippen molar-refractivity contribution in [2.75, 3.05) is 14.2 Å². The van der Waals surface area contributed by atoms with Crippen LogP contribution in [0.5, 0.6) is 0 Å². The molecule has 1 aromatic carbocycles. The Morgan fingerprint density at radius 3 is 2.76 bits per heavy atom. The number of hydrogen-bond acceptors (Lipinski definition) is 3. The van der Waals surface area contributed by atoms with E-state index >= 15 is 0 Å². The molecule has 0 fully saturated rings. The molecule has 0 atom stereocenters. The van der Waals surface area contributed by atoms with E-state index in [0.717, 1.165) is 22.2 Å². The Morgan fingerprint density at radius 1 is 1.35 bits per heavy atom. The predicted octanol–water partition coefficient (Wildman–Crippen LogP) is 2.41. The maximum absolute atomic E-state index is 11.8. The van der Waals surface area contributed by atoms with Crippen molar-refractivity contribution < 1.29 is 14.3 Å². The maximum Gasteiger partial charge on any atom is 0.340 e. The number of carbonyl (C=O) groups excluding carboxylic acids is 1. The van der Waals surface area contributed by atoms with Crippen LogP contribution in [0.15, 0.2) is 18.2 Å². The molecule has 0 amide bonds. The number of methoxy groups -OCH3 is 2. The number of benzene rings is 1. The highest BCUT2D eigenvalue weighted by atomic mass is 16.5. The summed E-state index contributed by atoms with van der Waals surface area (Å²) in [6.45, 7) is 2.36. The van der Waals surface area contributed by atoms with E-state index in [0.29, 0.717) is 12.2 Å². The normalized spacial score (nSPS) is 10.8. The van der Waals surface area contributed by atoms with Gasteiger partial charge in [0.1, 0.15) is 0 Å². The quantitative estimate of drug-likeness (QED) is 0.828. The van der Waals surface area contributed by atoms with E-state index in [1.54, 1.807) is 7.11 Å².